The Labute approximate surface area is 130 Å². The molecule has 9 heteroatoms. The molecule has 2 aromatic heterocycles. The van der Waals surface area contributed by atoms with Crippen LogP contribution in [0.15, 0.2) is 37.7 Å². The number of nitrogens with zero attached hydrogens (tertiary/aromatic N) is 2. The number of oxazole rings is 1. The predicted octanol–water partition coefficient (Wildman–Crippen LogP) is 1.37. The van der Waals surface area contributed by atoms with E-state index in [4.69, 9.17) is 4.42 Å². The molecule has 0 amide bonds. The smallest absolute Gasteiger partial charge is 0.408 e. The maximum atomic E-state index is 12.3. The van der Waals surface area contributed by atoms with E-state index in [0.29, 0.717) is 10.5 Å². The summed E-state index contributed by atoms with van der Waals surface area (Å²) >= 11 is 1.39. The van der Waals surface area contributed by atoms with Crippen LogP contribution in [0, 0.1) is 6.92 Å². The lowest BCUT2D eigenvalue weighted by molar-refractivity contribution is 0.527. The van der Waals surface area contributed by atoms with Crippen LogP contribution in [0.25, 0.3) is 11.1 Å². The molecule has 7 nitrogen and oxygen atoms in total. The maximum Gasteiger partial charge on any atom is 0.419 e. The quantitative estimate of drug-likeness (QED) is 0.775. The average Bonchev–Trinajstić information content (AvgIpc) is 3.01. The lowest BCUT2D eigenvalue weighted by Gasteiger charge is -2.05. The van der Waals surface area contributed by atoms with E-state index in [1.54, 1.807) is 13.1 Å². The van der Waals surface area contributed by atoms with Gasteiger partial charge < -0.3 is 4.42 Å². The second-order valence-corrected chi connectivity index (χ2v) is 7.47. The lowest BCUT2D eigenvalue weighted by atomic mass is 10.3. The van der Waals surface area contributed by atoms with E-state index in [1.807, 2.05) is 12.3 Å². The summed E-state index contributed by atoms with van der Waals surface area (Å²) in [7, 11) is -2.14. The van der Waals surface area contributed by atoms with Gasteiger partial charge in [0, 0.05) is 24.2 Å². The molecular weight excluding hydrogens is 326 g/mol. The van der Waals surface area contributed by atoms with Crippen molar-refractivity contribution in [3.63, 3.8) is 0 Å². The molecule has 0 aliphatic heterocycles. The molecule has 0 aliphatic rings. The summed E-state index contributed by atoms with van der Waals surface area (Å²) in [4.78, 5) is 15.7. The molecule has 0 atom stereocenters. The molecule has 0 saturated heterocycles. The van der Waals surface area contributed by atoms with Crippen molar-refractivity contribution in [1.29, 1.82) is 0 Å². The molecule has 116 valence electrons. The van der Waals surface area contributed by atoms with Gasteiger partial charge in [-0.1, -0.05) is 0 Å². The predicted molar refractivity (Wildman–Crippen MR) is 82.3 cm³/mol. The number of fused-ring (bicyclic) bond motifs is 1. The first-order valence-corrected chi connectivity index (χ1v) is 8.73. The van der Waals surface area contributed by atoms with E-state index in [1.165, 1.54) is 28.0 Å². The molecule has 2 heterocycles. The van der Waals surface area contributed by atoms with Crippen molar-refractivity contribution in [3.05, 3.63) is 44.8 Å². The summed E-state index contributed by atoms with van der Waals surface area (Å²) in [5.41, 5.74) is 1.63. The molecule has 1 N–H and O–H groups in total. The van der Waals surface area contributed by atoms with Gasteiger partial charge in [-0.15, -0.1) is 11.3 Å². The first-order valence-electron chi connectivity index (χ1n) is 6.37. The molecular formula is C13H13N3O4S2. The number of thiazole rings is 1. The number of hydrogen-bond acceptors (Lipinski definition) is 6. The van der Waals surface area contributed by atoms with Gasteiger partial charge in [0.1, 0.15) is 5.01 Å². The summed E-state index contributed by atoms with van der Waals surface area (Å²) in [6, 6.07) is 4.32. The highest BCUT2D eigenvalue weighted by atomic mass is 32.2. The third kappa shape index (κ3) is 2.70. The summed E-state index contributed by atoms with van der Waals surface area (Å²) < 4.78 is 33.4. The third-order valence-electron chi connectivity index (χ3n) is 3.15. The normalized spacial score (nSPS) is 12.1. The van der Waals surface area contributed by atoms with Crippen LogP contribution in [0.3, 0.4) is 0 Å². The Kier molecular flexibility index (Phi) is 3.63. The van der Waals surface area contributed by atoms with Crippen LogP contribution in [0.4, 0.5) is 0 Å². The fraction of sp³-hybridized carbons (Fsp3) is 0.231. The molecule has 0 radical (unpaired) electrons. The number of aromatic nitrogens is 2. The number of aryl methyl sites for hydroxylation is 2. The van der Waals surface area contributed by atoms with Crippen molar-refractivity contribution in [2.75, 3.05) is 0 Å². The Morgan fingerprint density at radius 2 is 2.18 bits per heavy atom. The highest BCUT2D eigenvalue weighted by molar-refractivity contribution is 7.89. The minimum atomic E-state index is -3.70. The Hall–Kier alpha value is -1.97. The van der Waals surface area contributed by atoms with Crippen molar-refractivity contribution in [2.24, 2.45) is 7.05 Å². The van der Waals surface area contributed by atoms with Crippen LogP contribution < -0.4 is 10.5 Å². The van der Waals surface area contributed by atoms with E-state index in [2.05, 4.69) is 9.71 Å². The summed E-state index contributed by atoms with van der Waals surface area (Å²) in [6.07, 6.45) is 0. The second kappa shape index (κ2) is 5.34. The molecule has 0 spiro atoms. The topological polar surface area (TPSA) is 94.2 Å². The Balaban J connectivity index is 1.89. The number of rotatable bonds is 4. The third-order valence-corrected chi connectivity index (χ3v) is 5.52. The second-order valence-electron chi connectivity index (χ2n) is 4.76. The maximum absolute atomic E-state index is 12.3. The van der Waals surface area contributed by atoms with Gasteiger partial charge in [-0.3, -0.25) is 4.57 Å². The van der Waals surface area contributed by atoms with Gasteiger partial charge in [0.05, 0.1) is 17.0 Å². The van der Waals surface area contributed by atoms with Gasteiger partial charge in [-0.05, 0) is 19.1 Å². The van der Waals surface area contributed by atoms with Crippen LogP contribution in [-0.4, -0.2) is 18.0 Å². The highest BCUT2D eigenvalue weighted by Crippen LogP contribution is 2.18. The molecule has 22 heavy (non-hydrogen) atoms. The van der Waals surface area contributed by atoms with Gasteiger partial charge in [-0.2, -0.15) is 0 Å². The van der Waals surface area contributed by atoms with Gasteiger partial charge in [-0.25, -0.2) is 22.9 Å². The first kappa shape index (κ1) is 14.9. The molecule has 3 rings (SSSR count). The molecule has 0 saturated carbocycles. The average molecular weight is 339 g/mol. The molecule has 0 aliphatic carbocycles. The zero-order valence-corrected chi connectivity index (χ0v) is 13.5. The Morgan fingerprint density at radius 3 is 2.86 bits per heavy atom. The fourth-order valence-corrected chi connectivity index (χ4v) is 3.81. The van der Waals surface area contributed by atoms with Crippen LogP contribution in [-0.2, 0) is 23.6 Å². The van der Waals surface area contributed by atoms with Gasteiger partial charge in [0.25, 0.3) is 0 Å². The first-order chi connectivity index (χ1) is 10.4. The van der Waals surface area contributed by atoms with E-state index < -0.39 is 15.8 Å². The Morgan fingerprint density at radius 1 is 1.41 bits per heavy atom. The minimum absolute atomic E-state index is 0.0441. The summed E-state index contributed by atoms with van der Waals surface area (Å²) in [6.45, 7) is 1.97. The molecule has 1 aromatic carbocycles. The van der Waals surface area contributed by atoms with Gasteiger partial charge in [0.15, 0.2) is 5.58 Å². The zero-order chi connectivity index (χ0) is 15.9. The number of benzene rings is 1. The van der Waals surface area contributed by atoms with E-state index in [0.717, 1.165) is 5.69 Å². The number of sulfonamides is 1. The zero-order valence-electron chi connectivity index (χ0n) is 11.9. The lowest BCUT2D eigenvalue weighted by Crippen LogP contribution is -2.23. The Bertz CT molecular complexity index is 998. The molecule has 0 fully saturated rings. The minimum Gasteiger partial charge on any atom is -0.408 e. The van der Waals surface area contributed by atoms with E-state index >= 15 is 0 Å². The number of nitrogens with one attached hydrogen (secondary N) is 1. The summed E-state index contributed by atoms with van der Waals surface area (Å²) in [5, 5.41) is 2.54. The molecule has 0 bridgehead atoms. The standard InChI is InChI=1S/C13H13N3O4S2/c1-8-7-21-12(15-8)6-14-22(18,19)9-3-4-10-11(5-9)20-13(17)16(10)2/h3-5,7,14H,6H2,1-2H3. The van der Waals surface area contributed by atoms with E-state index in [9.17, 15) is 13.2 Å². The van der Waals surface area contributed by atoms with Crippen LogP contribution in [0.2, 0.25) is 0 Å². The van der Waals surface area contributed by atoms with Crippen molar-refractivity contribution in [2.45, 2.75) is 18.4 Å². The summed E-state index contributed by atoms with van der Waals surface area (Å²) in [5.74, 6) is -0.532. The highest BCUT2D eigenvalue weighted by Gasteiger charge is 2.17. The molecule has 3 aromatic rings. The SMILES string of the molecule is Cc1csc(CNS(=O)(=O)c2ccc3c(c2)oc(=O)n3C)n1. The van der Waals surface area contributed by atoms with Crippen molar-refractivity contribution in [1.82, 2.24) is 14.3 Å². The fourth-order valence-electron chi connectivity index (χ4n) is 2.01. The van der Waals surface area contributed by atoms with Crippen LogP contribution >= 0.6 is 11.3 Å². The largest absolute Gasteiger partial charge is 0.419 e. The van der Waals surface area contributed by atoms with Gasteiger partial charge in [0.2, 0.25) is 10.0 Å². The van der Waals surface area contributed by atoms with Crippen LogP contribution in [0.5, 0.6) is 0 Å². The molecule has 0 unspecified atom stereocenters. The van der Waals surface area contributed by atoms with Crippen molar-refractivity contribution in [3.8, 4) is 0 Å². The van der Waals surface area contributed by atoms with Crippen molar-refractivity contribution < 1.29 is 12.8 Å². The van der Waals surface area contributed by atoms with Gasteiger partial charge >= 0.3 is 5.76 Å². The van der Waals surface area contributed by atoms with E-state index in [-0.39, 0.29) is 17.0 Å². The van der Waals surface area contributed by atoms with Crippen molar-refractivity contribution >= 4 is 32.5 Å². The van der Waals surface area contributed by atoms with Crippen LogP contribution in [0.1, 0.15) is 10.7 Å². The monoisotopic (exact) mass is 339 g/mol. The number of hydrogen-bond donors (Lipinski definition) is 1.